The molecule has 1 aromatic heterocycles. The SMILES string of the molecule is O=C1CCCc2oc3c4ccccc4c4ccccc4c3c21. The van der Waals surface area contributed by atoms with E-state index in [1.165, 1.54) is 10.8 Å². The van der Waals surface area contributed by atoms with Crippen molar-refractivity contribution >= 4 is 38.3 Å². The summed E-state index contributed by atoms with van der Waals surface area (Å²) >= 11 is 0. The number of benzene rings is 3. The number of carbonyl (C=O) groups excluding carboxylic acids is 1. The van der Waals surface area contributed by atoms with Crippen molar-refractivity contribution in [3.05, 3.63) is 59.9 Å². The summed E-state index contributed by atoms with van der Waals surface area (Å²) in [6, 6.07) is 16.6. The lowest BCUT2D eigenvalue weighted by atomic mass is 9.90. The van der Waals surface area contributed by atoms with E-state index in [1.54, 1.807) is 0 Å². The minimum atomic E-state index is 0.223. The second-order valence-electron chi connectivity index (χ2n) is 5.97. The van der Waals surface area contributed by atoms with E-state index >= 15 is 0 Å². The lowest BCUT2D eigenvalue weighted by Crippen LogP contribution is -2.08. The van der Waals surface area contributed by atoms with Crippen LogP contribution in [0, 0.1) is 0 Å². The first-order chi connectivity index (χ1) is 10.8. The number of carbonyl (C=O) groups is 1. The molecule has 4 aromatic rings. The summed E-state index contributed by atoms with van der Waals surface area (Å²) in [6.45, 7) is 0. The van der Waals surface area contributed by atoms with Crippen LogP contribution in [0.2, 0.25) is 0 Å². The smallest absolute Gasteiger partial charge is 0.167 e. The quantitative estimate of drug-likeness (QED) is 0.413. The summed E-state index contributed by atoms with van der Waals surface area (Å²) in [7, 11) is 0. The summed E-state index contributed by atoms with van der Waals surface area (Å²) in [6.07, 6.45) is 2.38. The molecule has 5 rings (SSSR count). The minimum absolute atomic E-state index is 0.223. The lowest BCUT2D eigenvalue weighted by molar-refractivity contribution is 0.0971. The standard InChI is InChI=1S/C20H14O2/c21-16-10-5-11-17-19(16)18-14-8-3-1-6-12(14)13-7-2-4-9-15(13)20(18)22-17/h1-4,6-9H,5,10-11H2. The summed E-state index contributed by atoms with van der Waals surface area (Å²) in [5, 5.41) is 5.60. The second kappa shape index (κ2) is 4.20. The van der Waals surface area contributed by atoms with Gasteiger partial charge >= 0.3 is 0 Å². The predicted octanol–water partition coefficient (Wildman–Crippen LogP) is 5.26. The number of hydrogen-bond donors (Lipinski definition) is 0. The van der Waals surface area contributed by atoms with E-state index in [2.05, 4.69) is 36.4 Å². The highest BCUT2D eigenvalue weighted by molar-refractivity contribution is 6.28. The van der Waals surface area contributed by atoms with Crippen LogP contribution >= 0.6 is 0 Å². The molecule has 0 spiro atoms. The fourth-order valence-corrected chi connectivity index (χ4v) is 3.78. The first-order valence-corrected chi connectivity index (χ1v) is 7.72. The molecule has 1 aliphatic carbocycles. The monoisotopic (exact) mass is 286 g/mol. The first-order valence-electron chi connectivity index (χ1n) is 7.72. The topological polar surface area (TPSA) is 30.2 Å². The van der Waals surface area contributed by atoms with Crippen LogP contribution in [0.5, 0.6) is 0 Å². The Kier molecular flexibility index (Phi) is 2.29. The molecule has 0 radical (unpaired) electrons. The van der Waals surface area contributed by atoms with Gasteiger partial charge in [0, 0.05) is 23.6 Å². The molecule has 106 valence electrons. The molecule has 1 heterocycles. The average molecular weight is 286 g/mol. The number of furan rings is 1. The van der Waals surface area contributed by atoms with Crippen LogP contribution in [0.3, 0.4) is 0 Å². The molecule has 0 amide bonds. The van der Waals surface area contributed by atoms with Crippen molar-refractivity contribution in [2.75, 3.05) is 0 Å². The van der Waals surface area contributed by atoms with Crippen molar-refractivity contribution in [1.82, 2.24) is 0 Å². The molecular formula is C20H14O2. The van der Waals surface area contributed by atoms with Gasteiger partial charge in [-0.25, -0.2) is 0 Å². The van der Waals surface area contributed by atoms with Gasteiger partial charge in [-0.15, -0.1) is 0 Å². The summed E-state index contributed by atoms with van der Waals surface area (Å²) in [5.41, 5.74) is 1.69. The van der Waals surface area contributed by atoms with Gasteiger partial charge in [0.05, 0.1) is 5.56 Å². The van der Waals surface area contributed by atoms with E-state index in [1.807, 2.05) is 12.1 Å². The Balaban J connectivity index is 2.14. The van der Waals surface area contributed by atoms with E-state index in [9.17, 15) is 4.79 Å². The number of hydrogen-bond acceptors (Lipinski definition) is 2. The zero-order valence-corrected chi connectivity index (χ0v) is 12.1. The van der Waals surface area contributed by atoms with Crippen LogP contribution in [0.1, 0.15) is 29.0 Å². The molecule has 2 heteroatoms. The Morgan fingerprint density at radius 3 is 2.18 bits per heavy atom. The highest BCUT2D eigenvalue weighted by Gasteiger charge is 2.27. The van der Waals surface area contributed by atoms with Gasteiger partial charge in [-0.3, -0.25) is 4.79 Å². The normalized spacial score (nSPS) is 14.8. The molecule has 0 aliphatic heterocycles. The van der Waals surface area contributed by atoms with Crippen molar-refractivity contribution in [1.29, 1.82) is 0 Å². The highest BCUT2D eigenvalue weighted by atomic mass is 16.3. The van der Waals surface area contributed by atoms with Gasteiger partial charge in [0.2, 0.25) is 0 Å². The minimum Gasteiger partial charge on any atom is -0.460 e. The highest BCUT2D eigenvalue weighted by Crippen LogP contribution is 2.41. The number of Topliss-reactive ketones (excluding diaryl/α,β-unsaturated/α-hetero) is 1. The van der Waals surface area contributed by atoms with Gasteiger partial charge in [-0.1, -0.05) is 48.5 Å². The van der Waals surface area contributed by atoms with Crippen LogP contribution in [-0.2, 0) is 6.42 Å². The molecule has 3 aromatic carbocycles. The third-order valence-electron chi connectivity index (χ3n) is 4.73. The maximum Gasteiger partial charge on any atom is 0.167 e. The first kappa shape index (κ1) is 12.0. The molecule has 0 fully saturated rings. The fourth-order valence-electron chi connectivity index (χ4n) is 3.78. The zero-order chi connectivity index (χ0) is 14.7. The van der Waals surface area contributed by atoms with Gasteiger partial charge in [-0.05, 0) is 22.6 Å². The van der Waals surface area contributed by atoms with Gasteiger partial charge < -0.3 is 4.42 Å². The van der Waals surface area contributed by atoms with Crippen molar-refractivity contribution in [2.24, 2.45) is 0 Å². The van der Waals surface area contributed by atoms with Crippen LogP contribution in [0.4, 0.5) is 0 Å². The van der Waals surface area contributed by atoms with Crippen molar-refractivity contribution < 1.29 is 9.21 Å². The Morgan fingerprint density at radius 2 is 1.41 bits per heavy atom. The van der Waals surface area contributed by atoms with Crippen LogP contribution in [-0.4, -0.2) is 5.78 Å². The summed E-state index contributed by atoms with van der Waals surface area (Å²) in [5.74, 6) is 1.09. The number of ketones is 1. The Bertz CT molecular complexity index is 1070. The third kappa shape index (κ3) is 1.42. The van der Waals surface area contributed by atoms with Crippen molar-refractivity contribution in [3.8, 4) is 0 Å². The van der Waals surface area contributed by atoms with Crippen LogP contribution < -0.4 is 0 Å². The van der Waals surface area contributed by atoms with Gasteiger partial charge in [0.25, 0.3) is 0 Å². The molecule has 1 aliphatic rings. The van der Waals surface area contributed by atoms with E-state index < -0.39 is 0 Å². The maximum absolute atomic E-state index is 12.5. The average Bonchev–Trinajstić information content (AvgIpc) is 2.96. The second-order valence-corrected chi connectivity index (χ2v) is 5.97. The van der Waals surface area contributed by atoms with Crippen molar-refractivity contribution in [2.45, 2.75) is 19.3 Å². The molecule has 0 unspecified atom stereocenters. The van der Waals surface area contributed by atoms with Gasteiger partial charge in [-0.2, -0.15) is 0 Å². The van der Waals surface area contributed by atoms with Crippen LogP contribution in [0.15, 0.2) is 52.9 Å². The molecule has 0 N–H and O–H groups in total. The molecule has 0 saturated heterocycles. The molecule has 0 atom stereocenters. The van der Waals surface area contributed by atoms with Crippen LogP contribution in [0.25, 0.3) is 32.5 Å². The molecule has 2 nitrogen and oxygen atoms in total. The number of aryl methyl sites for hydroxylation is 1. The summed E-state index contributed by atoms with van der Waals surface area (Å²) in [4.78, 5) is 12.5. The van der Waals surface area contributed by atoms with E-state index in [4.69, 9.17) is 4.42 Å². The number of fused-ring (bicyclic) bond motifs is 8. The Hall–Kier alpha value is -2.61. The summed E-state index contributed by atoms with van der Waals surface area (Å²) < 4.78 is 6.16. The third-order valence-corrected chi connectivity index (χ3v) is 4.73. The van der Waals surface area contributed by atoms with Gasteiger partial charge in [0.1, 0.15) is 11.3 Å². The van der Waals surface area contributed by atoms with E-state index in [0.717, 1.165) is 45.9 Å². The van der Waals surface area contributed by atoms with E-state index in [-0.39, 0.29) is 5.78 Å². The molecule has 22 heavy (non-hydrogen) atoms. The zero-order valence-electron chi connectivity index (χ0n) is 12.1. The fraction of sp³-hybridized carbons (Fsp3) is 0.150. The van der Waals surface area contributed by atoms with Crippen molar-refractivity contribution in [3.63, 3.8) is 0 Å². The largest absolute Gasteiger partial charge is 0.460 e. The number of rotatable bonds is 0. The maximum atomic E-state index is 12.5. The molecule has 0 saturated carbocycles. The Morgan fingerprint density at radius 1 is 0.773 bits per heavy atom. The van der Waals surface area contributed by atoms with E-state index in [0.29, 0.717) is 6.42 Å². The molecule has 0 bridgehead atoms. The molecular weight excluding hydrogens is 272 g/mol. The lowest BCUT2D eigenvalue weighted by Gasteiger charge is -2.09. The van der Waals surface area contributed by atoms with Gasteiger partial charge in [0.15, 0.2) is 5.78 Å². The Labute approximate surface area is 127 Å². The predicted molar refractivity (Wildman–Crippen MR) is 88.5 cm³/mol.